The summed E-state index contributed by atoms with van der Waals surface area (Å²) in [6, 6.07) is 0. The monoisotopic (exact) mass is 285 g/mol. The van der Waals surface area contributed by atoms with Crippen LogP contribution in [0.25, 0.3) is 0 Å². The lowest BCUT2D eigenvalue weighted by atomic mass is 10.2. The zero-order valence-electron chi connectivity index (χ0n) is 7.49. The van der Waals surface area contributed by atoms with Crippen molar-refractivity contribution in [3.8, 4) is 0 Å². The highest BCUT2D eigenvalue weighted by Crippen LogP contribution is 2.27. The fourth-order valence-corrected chi connectivity index (χ4v) is 2.44. The van der Waals surface area contributed by atoms with Crippen LogP contribution < -0.4 is 0 Å². The van der Waals surface area contributed by atoms with Gasteiger partial charge in [0.2, 0.25) is 4.38 Å². The van der Waals surface area contributed by atoms with Gasteiger partial charge in [0.25, 0.3) is 0 Å². The van der Waals surface area contributed by atoms with Crippen LogP contribution in [0.1, 0.15) is 13.8 Å². The first-order chi connectivity index (χ1) is 6.08. The van der Waals surface area contributed by atoms with E-state index in [1.54, 1.807) is 0 Å². The zero-order valence-corrected chi connectivity index (χ0v) is 10.7. The molecule has 0 rings (SSSR count). The molecule has 0 amide bonds. The highest BCUT2D eigenvalue weighted by molar-refractivity contribution is 9.09. The molecule has 0 aromatic carbocycles. The van der Waals surface area contributed by atoms with Gasteiger partial charge in [0.1, 0.15) is 0 Å². The first-order valence-corrected chi connectivity index (χ1v) is 6.03. The van der Waals surface area contributed by atoms with Gasteiger partial charge in [-0.25, -0.2) is 0 Å². The summed E-state index contributed by atoms with van der Waals surface area (Å²) in [6.07, 6.45) is 1.43. The molecule has 0 saturated heterocycles. The van der Waals surface area contributed by atoms with E-state index in [0.717, 1.165) is 0 Å². The van der Waals surface area contributed by atoms with Gasteiger partial charge in [-0.1, -0.05) is 27.7 Å². The molecular weight excluding hydrogens is 274 g/mol. The van der Waals surface area contributed by atoms with E-state index in [1.165, 1.54) is 18.0 Å². The highest BCUT2D eigenvalue weighted by Gasteiger charge is 2.24. The average Bonchev–Trinajstić information content (AvgIpc) is 2.05. The molecule has 0 aromatic rings. The second-order valence-electron chi connectivity index (χ2n) is 2.48. The summed E-state index contributed by atoms with van der Waals surface area (Å²) in [7, 11) is 0. The quantitative estimate of drug-likeness (QED) is 0.284. The van der Waals surface area contributed by atoms with Gasteiger partial charge >= 0.3 is 0 Å². The Bertz CT molecular complexity index is 201. The van der Waals surface area contributed by atoms with Crippen LogP contribution in [0, 0.1) is 0 Å². The molecule has 0 fully saturated rings. The highest BCUT2D eigenvalue weighted by atomic mass is 79.9. The Morgan fingerprint density at radius 1 is 1.85 bits per heavy atom. The second kappa shape index (κ2) is 6.62. The number of oxime groups is 1. The van der Waals surface area contributed by atoms with E-state index >= 15 is 0 Å². The van der Waals surface area contributed by atoms with Crippen LogP contribution in [0.15, 0.2) is 5.16 Å². The number of nitrogens with zero attached hydrogens (tertiary/aromatic N) is 1. The summed E-state index contributed by atoms with van der Waals surface area (Å²) in [6.45, 7) is 4.33. The fourth-order valence-electron chi connectivity index (χ4n) is 0.548. The summed E-state index contributed by atoms with van der Waals surface area (Å²) in [5.74, 6) is 0. The maximum atomic E-state index is 8.43. The normalized spacial score (nSPS) is 15.6. The van der Waals surface area contributed by atoms with Gasteiger partial charge in [-0.3, -0.25) is 0 Å². The molecule has 0 aliphatic carbocycles. The minimum Gasteiger partial charge on any atom is -0.479 e. The average molecular weight is 286 g/mol. The van der Waals surface area contributed by atoms with Gasteiger partial charge in [-0.2, -0.15) is 0 Å². The molecule has 0 aliphatic rings. The molecule has 0 saturated carbocycles. The van der Waals surface area contributed by atoms with Gasteiger partial charge in [0, 0.05) is 5.33 Å². The van der Waals surface area contributed by atoms with E-state index in [2.05, 4.69) is 21.1 Å². The minimum absolute atomic E-state index is 0.360. The molecule has 1 unspecified atom stereocenters. The predicted molar refractivity (Wildman–Crippen MR) is 64.3 cm³/mol. The van der Waals surface area contributed by atoms with E-state index in [-0.39, 0.29) is 4.75 Å². The van der Waals surface area contributed by atoms with Crippen LogP contribution in [0.3, 0.4) is 0 Å². The van der Waals surface area contributed by atoms with Crippen molar-refractivity contribution < 1.29 is 9.94 Å². The third-order valence-electron chi connectivity index (χ3n) is 1.17. The summed E-state index contributed by atoms with van der Waals surface area (Å²) >= 11 is 9.62. The van der Waals surface area contributed by atoms with Gasteiger partial charge in [0.05, 0.1) is 17.6 Å². The van der Waals surface area contributed by atoms with E-state index in [1.807, 2.05) is 13.8 Å². The van der Waals surface area contributed by atoms with E-state index in [0.29, 0.717) is 16.3 Å². The summed E-state index contributed by atoms with van der Waals surface area (Å²) in [4.78, 5) is 0. The smallest absolute Gasteiger partial charge is 0.220 e. The number of hydrogen-bond acceptors (Lipinski definition) is 5. The molecule has 76 valence electrons. The summed E-state index contributed by atoms with van der Waals surface area (Å²) < 4.78 is 5.22. The molecule has 0 bridgehead atoms. The van der Waals surface area contributed by atoms with Crippen LogP contribution in [0.4, 0.5) is 0 Å². The van der Waals surface area contributed by atoms with E-state index in [9.17, 15) is 0 Å². The Kier molecular flexibility index (Phi) is 6.71. The number of hydrogen-bond donors (Lipinski definition) is 1. The number of ether oxygens (including phenoxy) is 1. The lowest BCUT2D eigenvalue weighted by Crippen LogP contribution is -2.26. The largest absolute Gasteiger partial charge is 0.479 e. The Labute approximate surface area is 96.0 Å². The molecule has 0 aliphatic heterocycles. The van der Waals surface area contributed by atoms with Crippen LogP contribution in [0.5, 0.6) is 0 Å². The number of alkyl halides is 1. The second-order valence-corrected chi connectivity index (χ2v) is 5.17. The Balaban J connectivity index is 4.18. The van der Waals surface area contributed by atoms with E-state index in [4.69, 9.17) is 22.2 Å². The van der Waals surface area contributed by atoms with Crippen molar-refractivity contribution in [3.63, 3.8) is 0 Å². The van der Waals surface area contributed by atoms with Crippen molar-refractivity contribution in [3.05, 3.63) is 0 Å². The number of thioether (sulfide) groups is 1. The molecule has 1 atom stereocenters. The molecule has 6 heteroatoms. The topological polar surface area (TPSA) is 41.8 Å². The van der Waals surface area contributed by atoms with Crippen LogP contribution in [-0.2, 0) is 4.74 Å². The van der Waals surface area contributed by atoms with Crippen molar-refractivity contribution in [1.82, 2.24) is 0 Å². The van der Waals surface area contributed by atoms with Gasteiger partial charge in [-0.15, -0.1) is 5.16 Å². The Hall–Kier alpha value is 0.190. The van der Waals surface area contributed by atoms with Crippen LogP contribution >= 0.6 is 39.9 Å². The Morgan fingerprint density at radius 2 is 2.46 bits per heavy atom. The van der Waals surface area contributed by atoms with Crippen molar-refractivity contribution in [1.29, 1.82) is 0 Å². The molecule has 0 spiro atoms. The number of thiocarbonyl (C=S) groups is 1. The summed E-state index contributed by atoms with van der Waals surface area (Å²) in [5, 5.41) is 12.1. The van der Waals surface area contributed by atoms with Crippen LogP contribution in [0.2, 0.25) is 0 Å². The molecular formula is C7H12BrNO2S2. The van der Waals surface area contributed by atoms with Crippen molar-refractivity contribution in [2.75, 3.05) is 11.9 Å². The molecule has 1 N–H and O–H groups in total. The molecule has 13 heavy (non-hydrogen) atoms. The lowest BCUT2D eigenvalue weighted by Gasteiger charge is -2.20. The maximum Gasteiger partial charge on any atom is 0.220 e. The lowest BCUT2D eigenvalue weighted by molar-refractivity contribution is 0.319. The van der Waals surface area contributed by atoms with Gasteiger partial charge in [-0.05, 0) is 26.1 Å². The summed E-state index contributed by atoms with van der Waals surface area (Å²) in [5.41, 5.74) is 0. The third kappa shape index (κ3) is 5.49. The van der Waals surface area contributed by atoms with E-state index < -0.39 is 0 Å². The van der Waals surface area contributed by atoms with Crippen molar-refractivity contribution in [2.45, 2.75) is 18.6 Å². The van der Waals surface area contributed by atoms with Gasteiger partial charge in [0.15, 0.2) is 0 Å². The SMILES string of the molecule is CCOC(=S)SC(C)(/C=N/O)CBr. The number of halogens is 1. The fraction of sp³-hybridized carbons (Fsp3) is 0.714. The third-order valence-corrected chi connectivity index (χ3v) is 4.08. The van der Waals surface area contributed by atoms with Crippen molar-refractivity contribution >= 4 is 50.5 Å². The van der Waals surface area contributed by atoms with Crippen molar-refractivity contribution in [2.24, 2.45) is 5.16 Å². The zero-order chi connectivity index (χ0) is 10.3. The molecule has 0 radical (unpaired) electrons. The molecule has 0 heterocycles. The molecule has 3 nitrogen and oxygen atoms in total. The standard InChI is InChI=1S/C7H12BrNO2S2/c1-3-11-6(12)13-7(2,4-8)5-9-10/h5,10H,3-4H2,1-2H3/b9-5+. The predicted octanol–water partition coefficient (Wildman–Crippen LogP) is 2.65. The minimum atomic E-state index is -0.360. The first kappa shape index (κ1) is 13.2. The van der Waals surface area contributed by atoms with Crippen LogP contribution in [-0.4, -0.2) is 32.5 Å². The number of rotatable bonds is 4. The maximum absolute atomic E-state index is 8.43. The molecule has 0 aromatic heterocycles. The Morgan fingerprint density at radius 3 is 2.85 bits per heavy atom. The van der Waals surface area contributed by atoms with Gasteiger partial charge < -0.3 is 9.94 Å². The first-order valence-electron chi connectivity index (χ1n) is 3.68.